The van der Waals surface area contributed by atoms with Crippen LogP contribution in [-0.2, 0) is 10.0 Å². The number of anilines is 1. The number of nitrogens with zero attached hydrogens (tertiary/aromatic N) is 2. The SMILES string of the molecule is CCCNc1ccc(S(=O)(=O)N(C)C2CC2)cn1. The average Bonchev–Trinajstić information content (AvgIpc) is 3.20. The molecule has 18 heavy (non-hydrogen) atoms. The van der Waals surface area contributed by atoms with Gasteiger partial charge in [0.15, 0.2) is 0 Å². The van der Waals surface area contributed by atoms with E-state index >= 15 is 0 Å². The summed E-state index contributed by atoms with van der Waals surface area (Å²) in [5.41, 5.74) is 0. The molecule has 1 heterocycles. The highest BCUT2D eigenvalue weighted by atomic mass is 32.2. The topological polar surface area (TPSA) is 62.3 Å². The third kappa shape index (κ3) is 2.81. The molecule has 2 rings (SSSR count). The van der Waals surface area contributed by atoms with Crippen LogP contribution >= 0.6 is 0 Å². The van der Waals surface area contributed by atoms with Gasteiger partial charge in [-0.1, -0.05) is 6.92 Å². The first kappa shape index (κ1) is 13.3. The molecule has 1 aromatic rings. The van der Waals surface area contributed by atoms with Gasteiger partial charge in [0.05, 0.1) is 0 Å². The molecule has 0 aromatic carbocycles. The normalized spacial score (nSPS) is 15.9. The van der Waals surface area contributed by atoms with Crippen LogP contribution in [0.4, 0.5) is 5.82 Å². The lowest BCUT2D eigenvalue weighted by molar-refractivity contribution is 0.464. The average molecular weight is 269 g/mol. The maximum atomic E-state index is 12.2. The quantitative estimate of drug-likeness (QED) is 0.853. The predicted molar refractivity (Wildman–Crippen MR) is 71.0 cm³/mol. The summed E-state index contributed by atoms with van der Waals surface area (Å²) < 4.78 is 25.9. The molecule has 0 aliphatic heterocycles. The second-order valence-electron chi connectivity index (χ2n) is 4.56. The van der Waals surface area contributed by atoms with E-state index in [-0.39, 0.29) is 10.9 Å². The van der Waals surface area contributed by atoms with Gasteiger partial charge in [0, 0.05) is 25.8 Å². The molecule has 1 fully saturated rings. The molecule has 0 unspecified atom stereocenters. The van der Waals surface area contributed by atoms with E-state index in [0.29, 0.717) is 5.82 Å². The molecule has 1 N–H and O–H groups in total. The zero-order valence-corrected chi connectivity index (χ0v) is 11.6. The van der Waals surface area contributed by atoms with Crippen LogP contribution in [0.25, 0.3) is 0 Å². The number of pyridine rings is 1. The van der Waals surface area contributed by atoms with Crippen LogP contribution in [0.3, 0.4) is 0 Å². The number of aromatic nitrogens is 1. The smallest absolute Gasteiger partial charge is 0.244 e. The molecular formula is C12H19N3O2S. The Hall–Kier alpha value is -1.14. The Bertz CT molecular complexity index is 495. The molecule has 100 valence electrons. The first-order valence-electron chi connectivity index (χ1n) is 6.23. The zero-order chi connectivity index (χ0) is 13.2. The van der Waals surface area contributed by atoms with Crippen LogP contribution in [0.1, 0.15) is 26.2 Å². The summed E-state index contributed by atoms with van der Waals surface area (Å²) in [6, 6.07) is 3.50. The highest BCUT2D eigenvalue weighted by molar-refractivity contribution is 7.89. The molecule has 0 atom stereocenters. The van der Waals surface area contributed by atoms with Crippen molar-refractivity contribution >= 4 is 15.8 Å². The van der Waals surface area contributed by atoms with Gasteiger partial charge in [0.2, 0.25) is 10.0 Å². The molecule has 6 heteroatoms. The standard InChI is InChI=1S/C12H19N3O2S/c1-3-8-13-12-7-6-11(9-14-12)18(16,17)15(2)10-4-5-10/h6-7,9-10H,3-5,8H2,1-2H3,(H,13,14). The Labute approximate surface area is 108 Å². The van der Waals surface area contributed by atoms with Gasteiger partial charge in [0.25, 0.3) is 0 Å². The van der Waals surface area contributed by atoms with Crippen molar-refractivity contribution in [3.05, 3.63) is 18.3 Å². The Morgan fingerprint density at radius 1 is 1.44 bits per heavy atom. The van der Waals surface area contributed by atoms with Crippen molar-refractivity contribution in [2.45, 2.75) is 37.1 Å². The van der Waals surface area contributed by atoms with Crippen LogP contribution < -0.4 is 5.32 Å². The molecule has 0 saturated heterocycles. The maximum absolute atomic E-state index is 12.2. The Balaban J connectivity index is 2.13. The van der Waals surface area contributed by atoms with Gasteiger partial charge in [-0.15, -0.1) is 0 Å². The lowest BCUT2D eigenvalue weighted by Gasteiger charge is -2.16. The van der Waals surface area contributed by atoms with Crippen molar-refractivity contribution in [3.63, 3.8) is 0 Å². The first-order valence-corrected chi connectivity index (χ1v) is 7.67. The lowest BCUT2D eigenvalue weighted by Crippen LogP contribution is -2.29. The van der Waals surface area contributed by atoms with Crippen LogP contribution in [0.5, 0.6) is 0 Å². The number of sulfonamides is 1. The highest BCUT2D eigenvalue weighted by Gasteiger charge is 2.35. The van der Waals surface area contributed by atoms with Crippen molar-refractivity contribution in [1.82, 2.24) is 9.29 Å². The molecular weight excluding hydrogens is 250 g/mol. The van der Waals surface area contributed by atoms with E-state index < -0.39 is 10.0 Å². The van der Waals surface area contributed by atoms with Crippen molar-refractivity contribution in [2.24, 2.45) is 0 Å². The molecule has 0 radical (unpaired) electrons. The van der Waals surface area contributed by atoms with Crippen LogP contribution in [0, 0.1) is 0 Å². The van der Waals surface area contributed by atoms with Gasteiger partial charge in [0.1, 0.15) is 10.7 Å². The van der Waals surface area contributed by atoms with E-state index in [4.69, 9.17) is 0 Å². The number of rotatable bonds is 6. The summed E-state index contributed by atoms with van der Waals surface area (Å²) in [5.74, 6) is 0.713. The highest BCUT2D eigenvalue weighted by Crippen LogP contribution is 2.30. The molecule has 1 aliphatic carbocycles. The minimum atomic E-state index is -3.37. The monoisotopic (exact) mass is 269 g/mol. The van der Waals surface area contributed by atoms with Gasteiger partial charge in [-0.3, -0.25) is 0 Å². The fourth-order valence-electron chi connectivity index (χ4n) is 1.69. The predicted octanol–water partition coefficient (Wildman–Crippen LogP) is 1.69. The number of nitrogens with one attached hydrogen (secondary N) is 1. The summed E-state index contributed by atoms with van der Waals surface area (Å²) in [4.78, 5) is 4.39. The van der Waals surface area contributed by atoms with E-state index in [0.717, 1.165) is 25.8 Å². The fraction of sp³-hybridized carbons (Fsp3) is 0.583. The van der Waals surface area contributed by atoms with E-state index in [1.54, 1.807) is 19.2 Å². The number of hydrogen-bond acceptors (Lipinski definition) is 4. The van der Waals surface area contributed by atoms with Crippen molar-refractivity contribution < 1.29 is 8.42 Å². The maximum Gasteiger partial charge on any atom is 0.244 e. The van der Waals surface area contributed by atoms with Gasteiger partial charge in [-0.05, 0) is 31.4 Å². The summed E-state index contributed by atoms with van der Waals surface area (Å²) >= 11 is 0. The molecule has 0 bridgehead atoms. The third-order valence-electron chi connectivity index (χ3n) is 3.03. The second-order valence-corrected chi connectivity index (χ2v) is 6.56. The van der Waals surface area contributed by atoms with E-state index in [1.807, 2.05) is 0 Å². The third-order valence-corrected chi connectivity index (χ3v) is 4.92. The van der Waals surface area contributed by atoms with Crippen LogP contribution in [0.2, 0.25) is 0 Å². The lowest BCUT2D eigenvalue weighted by atomic mass is 10.4. The van der Waals surface area contributed by atoms with Crippen LogP contribution in [0.15, 0.2) is 23.2 Å². The van der Waals surface area contributed by atoms with Gasteiger partial charge >= 0.3 is 0 Å². The van der Waals surface area contributed by atoms with Crippen LogP contribution in [-0.4, -0.2) is 37.3 Å². The van der Waals surface area contributed by atoms with E-state index in [2.05, 4.69) is 17.2 Å². The van der Waals surface area contributed by atoms with E-state index in [1.165, 1.54) is 10.5 Å². The van der Waals surface area contributed by atoms with Gasteiger partial charge in [-0.25, -0.2) is 13.4 Å². The first-order chi connectivity index (χ1) is 8.55. The number of hydrogen-bond donors (Lipinski definition) is 1. The largest absolute Gasteiger partial charge is 0.370 e. The summed E-state index contributed by atoms with van der Waals surface area (Å²) in [7, 11) is -1.73. The Morgan fingerprint density at radius 3 is 2.67 bits per heavy atom. The minimum Gasteiger partial charge on any atom is -0.370 e. The van der Waals surface area contributed by atoms with E-state index in [9.17, 15) is 8.42 Å². The van der Waals surface area contributed by atoms with Gasteiger partial charge < -0.3 is 5.32 Å². The molecule has 0 spiro atoms. The Kier molecular flexibility index (Phi) is 3.87. The van der Waals surface area contributed by atoms with Crippen molar-refractivity contribution in [3.8, 4) is 0 Å². The minimum absolute atomic E-state index is 0.174. The summed E-state index contributed by atoms with van der Waals surface area (Å²) in [6.45, 7) is 2.90. The molecule has 1 aromatic heterocycles. The zero-order valence-electron chi connectivity index (χ0n) is 10.8. The molecule has 0 amide bonds. The summed E-state index contributed by atoms with van der Waals surface area (Å²) in [6.07, 6.45) is 4.34. The fourth-order valence-corrected chi connectivity index (χ4v) is 3.05. The summed E-state index contributed by atoms with van der Waals surface area (Å²) in [5, 5.41) is 3.12. The van der Waals surface area contributed by atoms with Crippen molar-refractivity contribution in [1.29, 1.82) is 0 Å². The van der Waals surface area contributed by atoms with Crippen molar-refractivity contribution in [2.75, 3.05) is 18.9 Å². The Morgan fingerprint density at radius 2 is 2.17 bits per heavy atom. The van der Waals surface area contributed by atoms with Gasteiger partial charge in [-0.2, -0.15) is 4.31 Å². The second kappa shape index (κ2) is 5.24. The molecule has 1 saturated carbocycles. The molecule has 1 aliphatic rings. The molecule has 5 nitrogen and oxygen atoms in total.